The molecule has 6 nitrogen and oxygen atoms in total. The fraction of sp³-hybridized carbons (Fsp3) is 0.296. The monoisotopic (exact) mass is 495 g/mol. The molecule has 3 aromatic carbocycles. The first-order chi connectivity index (χ1) is 16.7. The van der Waals surface area contributed by atoms with Crippen molar-refractivity contribution >= 4 is 27.3 Å². The van der Waals surface area contributed by atoms with E-state index in [4.69, 9.17) is 0 Å². The van der Waals surface area contributed by atoms with Crippen LogP contribution in [0.15, 0.2) is 71.6 Å². The van der Waals surface area contributed by atoms with Gasteiger partial charge in [0, 0.05) is 26.2 Å². The van der Waals surface area contributed by atoms with E-state index in [1.807, 2.05) is 31.7 Å². The number of piperazine rings is 1. The van der Waals surface area contributed by atoms with Gasteiger partial charge in [0.25, 0.3) is 10.0 Å². The van der Waals surface area contributed by atoms with E-state index in [0.717, 1.165) is 16.7 Å². The first-order valence-corrected chi connectivity index (χ1v) is 13.0. The number of hydrogen-bond donors (Lipinski definition) is 0. The number of carbonyl (C=O) groups is 1. The van der Waals surface area contributed by atoms with Crippen LogP contribution in [0.3, 0.4) is 0 Å². The van der Waals surface area contributed by atoms with Crippen molar-refractivity contribution in [3.63, 3.8) is 0 Å². The maximum atomic E-state index is 14.2. The number of hydrogen-bond acceptors (Lipinski definition) is 4. The van der Waals surface area contributed by atoms with E-state index in [1.54, 1.807) is 59.5 Å². The van der Waals surface area contributed by atoms with Crippen LogP contribution in [0.4, 0.5) is 15.8 Å². The van der Waals surface area contributed by atoms with Gasteiger partial charge in [0.15, 0.2) is 0 Å². The second kappa shape index (κ2) is 10.1. The minimum Gasteiger partial charge on any atom is -0.366 e. The summed E-state index contributed by atoms with van der Waals surface area (Å²) in [6, 6.07) is 18.6. The predicted octanol–water partition coefficient (Wildman–Crippen LogP) is 4.30. The zero-order valence-electron chi connectivity index (χ0n) is 20.2. The van der Waals surface area contributed by atoms with Crippen molar-refractivity contribution in [2.24, 2.45) is 0 Å². The molecule has 3 aromatic rings. The van der Waals surface area contributed by atoms with E-state index < -0.39 is 10.0 Å². The summed E-state index contributed by atoms with van der Waals surface area (Å²) in [5, 5.41) is 0. The fourth-order valence-corrected chi connectivity index (χ4v) is 5.57. The molecular weight excluding hydrogens is 465 g/mol. The van der Waals surface area contributed by atoms with Crippen molar-refractivity contribution < 1.29 is 17.6 Å². The first kappa shape index (κ1) is 24.7. The lowest BCUT2D eigenvalue weighted by Gasteiger charge is -2.37. The van der Waals surface area contributed by atoms with Gasteiger partial charge >= 0.3 is 0 Å². The highest BCUT2D eigenvalue weighted by Gasteiger charge is 2.30. The Bertz CT molecular complexity index is 1320. The van der Waals surface area contributed by atoms with Crippen molar-refractivity contribution in [1.29, 1.82) is 0 Å². The lowest BCUT2D eigenvalue weighted by molar-refractivity contribution is -0.129. The Kier molecular flexibility index (Phi) is 7.12. The molecule has 1 fully saturated rings. The van der Waals surface area contributed by atoms with Crippen LogP contribution in [-0.4, -0.2) is 51.9 Å². The van der Waals surface area contributed by atoms with Crippen LogP contribution in [0.1, 0.15) is 16.7 Å². The normalized spacial score (nSPS) is 14.2. The van der Waals surface area contributed by atoms with Gasteiger partial charge in [-0.05, 0) is 68.3 Å². The van der Waals surface area contributed by atoms with Crippen LogP contribution in [0, 0.1) is 26.6 Å². The van der Waals surface area contributed by atoms with Crippen molar-refractivity contribution in [3.8, 4) is 0 Å². The molecule has 0 unspecified atom stereocenters. The van der Waals surface area contributed by atoms with Gasteiger partial charge in [-0.2, -0.15) is 0 Å². The molecule has 1 heterocycles. The van der Waals surface area contributed by atoms with E-state index in [-0.39, 0.29) is 23.2 Å². The zero-order chi connectivity index (χ0) is 25.2. The summed E-state index contributed by atoms with van der Waals surface area (Å²) in [4.78, 5) is 17.0. The highest BCUT2D eigenvalue weighted by molar-refractivity contribution is 7.92. The quantitative estimate of drug-likeness (QED) is 0.512. The average Bonchev–Trinajstić information content (AvgIpc) is 2.85. The van der Waals surface area contributed by atoms with Crippen LogP contribution in [0.2, 0.25) is 0 Å². The standard InChI is InChI=1S/C27H30FN3O3S/c1-20-8-12-24(13-9-20)35(33,34)31(23-11-10-21(2)22(3)18-23)19-27(32)30-16-14-29(15-17-30)26-7-5-4-6-25(26)28/h4-13,18H,14-17,19H2,1-3H3. The molecule has 0 aromatic heterocycles. The minimum atomic E-state index is -3.97. The number of halogens is 1. The third-order valence-electron chi connectivity index (χ3n) is 6.49. The number of nitrogens with zero attached hydrogens (tertiary/aromatic N) is 3. The topological polar surface area (TPSA) is 60.9 Å². The number of anilines is 2. The Hall–Kier alpha value is -3.39. The Labute approximate surface area is 206 Å². The second-order valence-corrected chi connectivity index (χ2v) is 10.8. The molecule has 0 saturated carbocycles. The number of amides is 1. The van der Waals surface area contributed by atoms with Crippen molar-refractivity contribution in [1.82, 2.24) is 4.90 Å². The number of benzene rings is 3. The second-order valence-electron chi connectivity index (χ2n) is 8.91. The third kappa shape index (κ3) is 5.32. The van der Waals surface area contributed by atoms with Gasteiger partial charge in [0.05, 0.1) is 16.3 Å². The Morgan fingerprint density at radius 1 is 0.886 bits per heavy atom. The summed E-state index contributed by atoms with van der Waals surface area (Å²) in [6.45, 7) is 7.18. The number of sulfonamides is 1. The molecular formula is C27H30FN3O3S. The number of aryl methyl sites for hydroxylation is 3. The van der Waals surface area contributed by atoms with Crippen molar-refractivity contribution in [2.45, 2.75) is 25.7 Å². The average molecular weight is 496 g/mol. The smallest absolute Gasteiger partial charge is 0.264 e. The molecule has 1 aliphatic rings. The minimum absolute atomic E-state index is 0.138. The van der Waals surface area contributed by atoms with Gasteiger partial charge < -0.3 is 9.80 Å². The number of para-hydroxylation sites is 1. The molecule has 0 bridgehead atoms. The summed E-state index contributed by atoms with van der Waals surface area (Å²) >= 11 is 0. The van der Waals surface area contributed by atoms with E-state index >= 15 is 0 Å². The van der Waals surface area contributed by atoms with Gasteiger partial charge in [0.2, 0.25) is 5.91 Å². The molecule has 0 radical (unpaired) electrons. The molecule has 0 atom stereocenters. The van der Waals surface area contributed by atoms with Gasteiger partial charge in [0.1, 0.15) is 12.4 Å². The molecule has 4 rings (SSSR count). The maximum absolute atomic E-state index is 14.2. The predicted molar refractivity (Wildman–Crippen MR) is 137 cm³/mol. The molecule has 184 valence electrons. The van der Waals surface area contributed by atoms with Crippen LogP contribution >= 0.6 is 0 Å². The highest BCUT2D eigenvalue weighted by atomic mass is 32.2. The zero-order valence-corrected chi connectivity index (χ0v) is 21.1. The van der Waals surface area contributed by atoms with Crippen molar-refractivity contribution in [2.75, 3.05) is 41.9 Å². The summed E-state index contributed by atoms with van der Waals surface area (Å²) in [5.41, 5.74) is 3.89. The van der Waals surface area contributed by atoms with E-state index in [2.05, 4.69) is 0 Å². The Morgan fingerprint density at radius 3 is 2.17 bits per heavy atom. The molecule has 0 spiro atoms. The van der Waals surface area contributed by atoms with Gasteiger partial charge in [-0.3, -0.25) is 9.10 Å². The maximum Gasteiger partial charge on any atom is 0.264 e. The third-order valence-corrected chi connectivity index (χ3v) is 8.28. The van der Waals surface area contributed by atoms with Crippen LogP contribution in [-0.2, 0) is 14.8 Å². The van der Waals surface area contributed by atoms with E-state index in [0.29, 0.717) is 37.6 Å². The fourth-order valence-electron chi connectivity index (χ4n) is 4.16. The molecule has 1 amide bonds. The van der Waals surface area contributed by atoms with Crippen LogP contribution in [0.5, 0.6) is 0 Å². The number of rotatable bonds is 6. The lowest BCUT2D eigenvalue weighted by atomic mass is 10.1. The van der Waals surface area contributed by atoms with Crippen LogP contribution in [0.25, 0.3) is 0 Å². The van der Waals surface area contributed by atoms with Gasteiger partial charge in [-0.25, -0.2) is 12.8 Å². The molecule has 35 heavy (non-hydrogen) atoms. The lowest BCUT2D eigenvalue weighted by Crippen LogP contribution is -2.52. The molecule has 0 aliphatic carbocycles. The van der Waals surface area contributed by atoms with E-state index in [1.165, 1.54) is 10.4 Å². The Morgan fingerprint density at radius 2 is 1.54 bits per heavy atom. The SMILES string of the molecule is Cc1ccc(S(=O)(=O)N(CC(=O)N2CCN(c3ccccc3F)CC2)c2ccc(C)c(C)c2)cc1. The van der Waals surface area contributed by atoms with E-state index in [9.17, 15) is 17.6 Å². The summed E-state index contributed by atoms with van der Waals surface area (Å²) in [6.07, 6.45) is 0. The first-order valence-electron chi connectivity index (χ1n) is 11.6. The van der Waals surface area contributed by atoms with Gasteiger partial charge in [-0.1, -0.05) is 35.9 Å². The highest BCUT2D eigenvalue weighted by Crippen LogP contribution is 2.27. The summed E-state index contributed by atoms with van der Waals surface area (Å²) < 4.78 is 42.6. The van der Waals surface area contributed by atoms with Crippen LogP contribution < -0.4 is 9.21 Å². The van der Waals surface area contributed by atoms with Gasteiger partial charge in [-0.15, -0.1) is 0 Å². The number of carbonyl (C=O) groups excluding carboxylic acids is 1. The largest absolute Gasteiger partial charge is 0.366 e. The molecule has 1 saturated heterocycles. The molecule has 8 heteroatoms. The summed E-state index contributed by atoms with van der Waals surface area (Å²) in [5.74, 6) is -0.579. The molecule has 0 N–H and O–H groups in total. The van der Waals surface area contributed by atoms with Crippen molar-refractivity contribution in [3.05, 3.63) is 89.2 Å². The Balaban J connectivity index is 1.56. The summed E-state index contributed by atoms with van der Waals surface area (Å²) in [7, 11) is -3.97. The molecule has 1 aliphatic heterocycles.